The third-order valence-corrected chi connectivity index (χ3v) is 2.91. The van der Waals surface area contributed by atoms with Crippen LogP contribution in [0.2, 0.25) is 5.02 Å². The summed E-state index contributed by atoms with van der Waals surface area (Å²) < 4.78 is 13.1. The maximum atomic E-state index is 13.1. The Balaban J connectivity index is 2.44. The van der Waals surface area contributed by atoms with Crippen molar-refractivity contribution in [2.45, 2.75) is 12.3 Å². The van der Waals surface area contributed by atoms with E-state index in [-0.39, 0.29) is 11.7 Å². The molecule has 1 unspecified atom stereocenters. The Labute approximate surface area is 86.7 Å². The molecular weight excluding hydrogens is 205 g/mol. The maximum absolute atomic E-state index is 13.1. The van der Waals surface area contributed by atoms with Crippen LogP contribution in [0.5, 0.6) is 5.75 Å². The van der Waals surface area contributed by atoms with E-state index in [0.717, 1.165) is 19.5 Å². The van der Waals surface area contributed by atoms with Crippen LogP contribution in [0, 0.1) is 5.82 Å². The van der Waals surface area contributed by atoms with Crippen LogP contribution in [0.15, 0.2) is 12.1 Å². The topological polar surface area (TPSA) is 32.3 Å². The fraction of sp³-hybridized carbons (Fsp3) is 0.400. The number of aromatic hydroxyl groups is 1. The largest absolute Gasteiger partial charge is 0.505 e. The van der Waals surface area contributed by atoms with Gasteiger partial charge in [0.05, 0.1) is 0 Å². The Morgan fingerprint density at radius 2 is 2.29 bits per heavy atom. The number of benzene rings is 1. The molecule has 0 saturated carbocycles. The molecule has 1 aliphatic heterocycles. The van der Waals surface area contributed by atoms with Crippen LogP contribution in [0.25, 0.3) is 0 Å². The molecule has 0 aliphatic carbocycles. The first kappa shape index (κ1) is 9.74. The van der Waals surface area contributed by atoms with Gasteiger partial charge >= 0.3 is 0 Å². The van der Waals surface area contributed by atoms with Crippen LogP contribution in [0.3, 0.4) is 0 Å². The summed E-state index contributed by atoms with van der Waals surface area (Å²) in [7, 11) is 0. The highest BCUT2D eigenvalue weighted by Crippen LogP contribution is 2.37. The lowest BCUT2D eigenvalue weighted by Crippen LogP contribution is -2.08. The molecule has 1 aromatic carbocycles. The molecule has 0 radical (unpaired) electrons. The van der Waals surface area contributed by atoms with E-state index in [1.54, 1.807) is 0 Å². The van der Waals surface area contributed by atoms with Crippen LogP contribution in [-0.2, 0) is 0 Å². The Kier molecular flexibility index (Phi) is 2.61. The second-order valence-electron chi connectivity index (χ2n) is 3.48. The van der Waals surface area contributed by atoms with Crippen LogP contribution < -0.4 is 5.32 Å². The van der Waals surface area contributed by atoms with Gasteiger partial charge in [-0.05, 0) is 25.1 Å². The summed E-state index contributed by atoms with van der Waals surface area (Å²) in [6, 6.07) is 2.67. The van der Waals surface area contributed by atoms with Gasteiger partial charge in [-0.3, -0.25) is 0 Å². The molecule has 1 fully saturated rings. The van der Waals surface area contributed by atoms with E-state index in [4.69, 9.17) is 11.6 Å². The lowest BCUT2D eigenvalue weighted by molar-refractivity contribution is 0.421. The molecule has 1 aliphatic rings. The van der Waals surface area contributed by atoms with Crippen LogP contribution in [-0.4, -0.2) is 18.2 Å². The quantitative estimate of drug-likeness (QED) is 0.753. The molecule has 4 heteroatoms. The van der Waals surface area contributed by atoms with E-state index in [1.807, 2.05) is 0 Å². The maximum Gasteiger partial charge on any atom is 0.165 e. The van der Waals surface area contributed by atoms with E-state index in [9.17, 15) is 9.50 Å². The smallest absolute Gasteiger partial charge is 0.165 e. The molecule has 1 heterocycles. The summed E-state index contributed by atoms with van der Waals surface area (Å²) in [4.78, 5) is 0. The first-order chi connectivity index (χ1) is 6.70. The highest BCUT2D eigenvalue weighted by Gasteiger charge is 2.23. The van der Waals surface area contributed by atoms with Gasteiger partial charge in [0.2, 0.25) is 0 Å². The Bertz CT molecular complexity index is 350. The van der Waals surface area contributed by atoms with Gasteiger partial charge in [0.15, 0.2) is 11.6 Å². The van der Waals surface area contributed by atoms with Gasteiger partial charge in [-0.2, -0.15) is 0 Å². The zero-order valence-corrected chi connectivity index (χ0v) is 8.31. The molecule has 1 saturated heterocycles. The number of hydrogen-bond donors (Lipinski definition) is 2. The minimum Gasteiger partial charge on any atom is -0.505 e. The summed E-state index contributed by atoms with van der Waals surface area (Å²) in [6.07, 6.45) is 0.886. The van der Waals surface area contributed by atoms with Gasteiger partial charge < -0.3 is 10.4 Å². The average molecular weight is 216 g/mol. The van der Waals surface area contributed by atoms with Gasteiger partial charge in [0.1, 0.15) is 0 Å². The predicted octanol–water partition coefficient (Wildman–Crippen LogP) is 2.26. The van der Waals surface area contributed by atoms with Crippen molar-refractivity contribution < 1.29 is 9.50 Å². The second kappa shape index (κ2) is 3.75. The number of nitrogens with one attached hydrogen (secondary N) is 1. The summed E-state index contributed by atoms with van der Waals surface area (Å²) in [5.41, 5.74) is 0.539. The highest BCUT2D eigenvalue weighted by molar-refractivity contribution is 6.31. The number of halogens is 2. The molecule has 2 N–H and O–H groups in total. The van der Waals surface area contributed by atoms with Gasteiger partial charge in [0, 0.05) is 23.0 Å². The Morgan fingerprint density at radius 1 is 1.50 bits per heavy atom. The van der Waals surface area contributed by atoms with Crippen LogP contribution in [0.4, 0.5) is 4.39 Å². The van der Waals surface area contributed by atoms with Crippen molar-refractivity contribution in [3.05, 3.63) is 28.5 Å². The molecule has 0 spiro atoms. The molecule has 0 aromatic heterocycles. The average Bonchev–Trinajstić information content (AvgIpc) is 2.65. The molecule has 1 aromatic rings. The van der Waals surface area contributed by atoms with Gasteiger partial charge in [-0.25, -0.2) is 4.39 Å². The second-order valence-corrected chi connectivity index (χ2v) is 3.89. The third kappa shape index (κ3) is 1.57. The number of rotatable bonds is 1. The number of phenols is 1. The molecular formula is C10H11ClFNO. The van der Waals surface area contributed by atoms with E-state index in [2.05, 4.69) is 5.32 Å². The monoisotopic (exact) mass is 215 g/mol. The number of phenolic OH excluding ortho intramolecular Hbond substituents is 1. The van der Waals surface area contributed by atoms with Crippen molar-refractivity contribution in [3.63, 3.8) is 0 Å². The fourth-order valence-corrected chi connectivity index (χ4v) is 2.15. The molecule has 2 rings (SSSR count). The van der Waals surface area contributed by atoms with Crippen molar-refractivity contribution in [2.75, 3.05) is 13.1 Å². The molecule has 0 amide bonds. The van der Waals surface area contributed by atoms with E-state index < -0.39 is 5.82 Å². The molecule has 76 valence electrons. The summed E-state index contributed by atoms with van der Waals surface area (Å²) in [6.45, 7) is 1.63. The Hall–Kier alpha value is -0.800. The van der Waals surface area contributed by atoms with Crippen molar-refractivity contribution >= 4 is 11.6 Å². The summed E-state index contributed by atoms with van der Waals surface area (Å²) >= 11 is 5.93. The van der Waals surface area contributed by atoms with Gasteiger partial charge in [-0.1, -0.05) is 11.6 Å². The zero-order valence-electron chi connectivity index (χ0n) is 7.56. The first-order valence-electron chi connectivity index (χ1n) is 4.57. The standard InChI is InChI=1S/C10H11ClFNO/c11-7-1-2-8(12)10(14)9(7)6-3-4-13-5-6/h1-2,6,13-14H,3-5H2. The van der Waals surface area contributed by atoms with Gasteiger partial charge in [0.25, 0.3) is 0 Å². The lowest BCUT2D eigenvalue weighted by atomic mass is 9.97. The first-order valence-corrected chi connectivity index (χ1v) is 4.95. The van der Waals surface area contributed by atoms with Crippen molar-refractivity contribution in [3.8, 4) is 5.75 Å². The van der Waals surface area contributed by atoms with Crippen molar-refractivity contribution in [2.24, 2.45) is 0 Å². The van der Waals surface area contributed by atoms with E-state index in [0.29, 0.717) is 10.6 Å². The fourth-order valence-electron chi connectivity index (χ4n) is 1.85. The van der Waals surface area contributed by atoms with Crippen LogP contribution in [0.1, 0.15) is 17.9 Å². The SMILES string of the molecule is Oc1c(F)ccc(Cl)c1C1CCNC1. The van der Waals surface area contributed by atoms with Crippen molar-refractivity contribution in [1.82, 2.24) is 5.32 Å². The molecule has 0 bridgehead atoms. The highest BCUT2D eigenvalue weighted by atomic mass is 35.5. The van der Waals surface area contributed by atoms with Crippen LogP contribution >= 0.6 is 11.6 Å². The summed E-state index contributed by atoms with van der Waals surface area (Å²) in [5.74, 6) is -0.777. The minimum absolute atomic E-state index is 0.123. The molecule has 14 heavy (non-hydrogen) atoms. The molecule has 2 nitrogen and oxygen atoms in total. The number of hydrogen-bond acceptors (Lipinski definition) is 2. The Morgan fingerprint density at radius 3 is 2.93 bits per heavy atom. The normalized spacial score (nSPS) is 21.4. The summed E-state index contributed by atoms with van der Waals surface area (Å²) in [5, 5.41) is 13.1. The zero-order chi connectivity index (χ0) is 10.1. The van der Waals surface area contributed by atoms with Crippen molar-refractivity contribution in [1.29, 1.82) is 0 Å². The van der Waals surface area contributed by atoms with E-state index >= 15 is 0 Å². The third-order valence-electron chi connectivity index (χ3n) is 2.58. The minimum atomic E-state index is -0.601. The predicted molar refractivity (Wildman–Crippen MR) is 53.3 cm³/mol. The lowest BCUT2D eigenvalue weighted by Gasteiger charge is -2.13. The molecule has 1 atom stereocenters. The van der Waals surface area contributed by atoms with E-state index in [1.165, 1.54) is 12.1 Å². The van der Waals surface area contributed by atoms with Gasteiger partial charge in [-0.15, -0.1) is 0 Å².